The fourth-order valence-electron chi connectivity index (χ4n) is 4.38. The molecule has 174 valence electrons. The molecule has 0 aliphatic carbocycles. The molecular weight excluding hydrogens is 422 g/mol. The molecule has 0 radical (unpaired) electrons. The number of amides is 1. The van der Waals surface area contributed by atoms with Crippen LogP contribution < -0.4 is 9.64 Å². The number of benzene rings is 2. The van der Waals surface area contributed by atoms with Gasteiger partial charge in [0.25, 0.3) is 0 Å². The molecule has 0 saturated heterocycles. The van der Waals surface area contributed by atoms with Crippen molar-refractivity contribution in [2.75, 3.05) is 38.4 Å². The average molecular weight is 452 g/mol. The second-order valence-electron chi connectivity index (χ2n) is 7.79. The molecule has 0 bridgehead atoms. The van der Waals surface area contributed by atoms with Crippen molar-refractivity contribution in [2.45, 2.75) is 26.3 Å². The molecule has 2 atom stereocenters. The molecule has 0 saturated carbocycles. The Bertz CT molecular complexity index is 1140. The summed E-state index contributed by atoms with van der Waals surface area (Å²) in [7, 11) is 1.62. The number of esters is 1. The third kappa shape index (κ3) is 4.30. The number of imidazole rings is 1. The number of para-hydroxylation sites is 2. The zero-order chi connectivity index (χ0) is 23.4. The van der Waals surface area contributed by atoms with Crippen LogP contribution in [0.3, 0.4) is 0 Å². The number of aromatic nitrogens is 2. The SMILES string of the molecule is CCOC(=O)[C@@H]1C(=O)N(CCCOC)c2nc3ccccc3n2[C@H]1c1cccc(OCC)c1. The molecule has 0 fully saturated rings. The van der Waals surface area contributed by atoms with E-state index < -0.39 is 17.9 Å². The molecule has 3 aromatic rings. The lowest BCUT2D eigenvalue weighted by atomic mass is 9.89. The summed E-state index contributed by atoms with van der Waals surface area (Å²) in [5.74, 6) is -0.716. The number of rotatable bonds is 9. The Kier molecular flexibility index (Phi) is 6.93. The standard InChI is InChI=1S/C25H29N3O5/c1-4-32-18-11-8-10-17(16-18)22-21(24(30)33-5-2)23(29)27(14-9-15-31-3)25-26-19-12-6-7-13-20(19)28(22)25/h6-8,10-13,16,21-22H,4-5,9,14-15H2,1-3H3/t21-,22-/m0/s1. The molecule has 0 unspecified atom stereocenters. The first-order valence-corrected chi connectivity index (χ1v) is 11.3. The van der Waals surface area contributed by atoms with Gasteiger partial charge in [0.05, 0.1) is 30.3 Å². The van der Waals surface area contributed by atoms with Gasteiger partial charge in [-0.05, 0) is 50.1 Å². The van der Waals surface area contributed by atoms with E-state index in [0.717, 1.165) is 16.6 Å². The van der Waals surface area contributed by atoms with Crippen LogP contribution in [-0.4, -0.2) is 54.9 Å². The highest BCUT2D eigenvalue weighted by Gasteiger charge is 2.47. The number of methoxy groups -OCH3 is 1. The van der Waals surface area contributed by atoms with Crippen LogP contribution in [0.2, 0.25) is 0 Å². The minimum atomic E-state index is -1.05. The van der Waals surface area contributed by atoms with Crippen LogP contribution in [0, 0.1) is 5.92 Å². The van der Waals surface area contributed by atoms with Crippen LogP contribution in [0.1, 0.15) is 31.9 Å². The van der Waals surface area contributed by atoms with Gasteiger partial charge < -0.3 is 18.8 Å². The lowest BCUT2D eigenvalue weighted by Gasteiger charge is -2.38. The summed E-state index contributed by atoms with van der Waals surface area (Å²) in [6.07, 6.45) is 0.617. The first-order valence-electron chi connectivity index (χ1n) is 11.3. The van der Waals surface area contributed by atoms with Crippen molar-refractivity contribution in [3.63, 3.8) is 0 Å². The van der Waals surface area contributed by atoms with E-state index in [4.69, 9.17) is 19.2 Å². The third-order valence-corrected chi connectivity index (χ3v) is 5.73. The Morgan fingerprint density at radius 2 is 1.91 bits per heavy atom. The zero-order valence-electron chi connectivity index (χ0n) is 19.2. The third-order valence-electron chi connectivity index (χ3n) is 5.73. The van der Waals surface area contributed by atoms with Gasteiger partial charge in [0.2, 0.25) is 11.9 Å². The average Bonchev–Trinajstić information content (AvgIpc) is 3.19. The van der Waals surface area contributed by atoms with Gasteiger partial charge in [-0.2, -0.15) is 0 Å². The highest BCUT2D eigenvalue weighted by Crippen LogP contribution is 2.42. The van der Waals surface area contributed by atoms with Crippen molar-refractivity contribution in [1.29, 1.82) is 0 Å². The normalized spacial score (nSPS) is 17.8. The van der Waals surface area contributed by atoms with Crippen LogP contribution in [0.4, 0.5) is 5.95 Å². The summed E-state index contributed by atoms with van der Waals surface area (Å²) >= 11 is 0. The molecule has 1 aromatic heterocycles. The lowest BCUT2D eigenvalue weighted by molar-refractivity contribution is -0.153. The zero-order valence-corrected chi connectivity index (χ0v) is 19.2. The summed E-state index contributed by atoms with van der Waals surface area (Å²) in [4.78, 5) is 33.3. The molecule has 33 heavy (non-hydrogen) atoms. The number of hydrogen-bond donors (Lipinski definition) is 0. The molecule has 2 aromatic carbocycles. The summed E-state index contributed by atoms with van der Waals surface area (Å²) < 4.78 is 18.2. The molecule has 0 spiro atoms. The Balaban J connectivity index is 1.93. The number of fused-ring (bicyclic) bond motifs is 3. The van der Waals surface area contributed by atoms with Crippen molar-refractivity contribution >= 4 is 28.9 Å². The highest BCUT2D eigenvalue weighted by atomic mass is 16.5. The first-order chi connectivity index (χ1) is 16.1. The number of anilines is 1. The quantitative estimate of drug-likeness (QED) is 0.281. The second-order valence-corrected chi connectivity index (χ2v) is 7.79. The molecular formula is C25H29N3O5. The maximum atomic E-state index is 13.8. The van der Waals surface area contributed by atoms with Gasteiger partial charge >= 0.3 is 5.97 Å². The molecule has 0 N–H and O–H groups in total. The summed E-state index contributed by atoms with van der Waals surface area (Å²) in [5.41, 5.74) is 2.39. The van der Waals surface area contributed by atoms with E-state index >= 15 is 0 Å². The van der Waals surface area contributed by atoms with Gasteiger partial charge in [0, 0.05) is 20.3 Å². The van der Waals surface area contributed by atoms with Gasteiger partial charge in [-0.25, -0.2) is 4.98 Å². The minimum Gasteiger partial charge on any atom is -0.494 e. The largest absolute Gasteiger partial charge is 0.494 e. The van der Waals surface area contributed by atoms with E-state index in [1.807, 2.05) is 60.0 Å². The molecule has 8 nitrogen and oxygen atoms in total. The number of carbonyl (C=O) groups excluding carboxylic acids is 2. The second kappa shape index (κ2) is 10.0. The highest BCUT2D eigenvalue weighted by molar-refractivity contribution is 6.08. The van der Waals surface area contributed by atoms with Crippen molar-refractivity contribution in [1.82, 2.24) is 9.55 Å². The molecule has 1 amide bonds. The van der Waals surface area contributed by atoms with Crippen LogP contribution >= 0.6 is 0 Å². The predicted molar refractivity (Wildman–Crippen MR) is 124 cm³/mol. The van der Waals surface area contributed by atoms with Gasteiger partial charge in [0.15, 0.2) is 5.92 Å². The van der Waals surface area contributed by atoms with Crippen molar-refractivity contribution in [2.24, 2.45) is 5.92 Å². The smallest absolute Gasteiger partial charge is 0.321 e. The Morgan fingerprint density at radius 3 is 2.67 bits per heavy atom. The number of carbonyl (C=O) groups is 2. The lowest BCUT2D eigenvalue weighted by Crippen LogP contribution is -2.50. The molecule has 1 aliphatic rings. The minimum absolute atomic E-state index is 0.190. The Morgan fingerprint density at radius 1 is 1.09 bits per heavy atom. The number of hydrogen-bond acceptors (Lipinski definition) is 6. The van der Waals surface area contributed by atoms with Gasteiger partial charge in [-0.15, -0.1) is 0 Å². The summed E-state index contributed by atoms with van der Waals surface area (Å²) in [6, 6.07) is 14.6. The molecule has 1 aliphatic heterocycles. The van der Waals surface area contributed by atoms with Crippen molar-refractivity contribution in [3.8, 4) is 5.75 Å². The van der Waals surface area contributed by atoms with Crippen molar-refractivity contribution in [3.05, 3.63) is 54.1 Å². The van der Waals surface area contributed by atoms with Crippen LogP contribution in [0.25, 0.3) is 11.0 Å². The Labute approximate surface area is 193 Å². The summed E-state index contributed by atoms with van der Waals surface area (Å²) in [5, 5.41) is 0. The molecule has 4 rings (SSSR count). The summed E-state index contributed by atoms with van der Waals surface area (Å²) in [6.45, 7) is 5.24. The van der Waals surface area contributed by atoms with Crippen LogP contribution in [0.15, 0.2) is 48.5 Å². The van der Waals surface area contributed by atoms with Gasteiger partial charge in [0.1, 0.15) is 5.75 Å². The van der Waals surface area contributed by atoms with E-state index in [1.54, 1.807) is 18.9 Å². The molecule has 8 heteroatoms. The van der Waals surface area contributed by atoms with E-state index in [1.165, 1.54) is 0 Å². The number of nitrogens with zero attached hydrogens (tertiary/aromatic N) is 3. The Hall–Kier alpha value is -3.39. The van der Waals surface area contributed by atoms with Crippen LogP contribution in [0.5, 0.6) is 5.75 Å². The van der Waals surface area contributed by atoms with E-state index in [2.05, 4.69) is 0 Å². The maximum Gasteiger partial charge on any atom is 0.321 e. The number of ether oxygens (including phenoxy) is 3. The fourth-order valence-corrected chi connectivity index (χ4v) is 4.38. The maximum absolute atomic E-state index is 13.8. The monoisotopic (exact) mass is 451 g/mol. The van der Waals surface area contributed by atoms with Gasteiger partial charge in [-0.3, -0.25) is 14.5 Å². The van der Waals surface area contributed by atoms with E-state index in [-0.39, 0.29) is 12.5 Å². The first kappa shape index (κ1) is 22.8. The van der Waals surface area contributed by atoms with E-state index in [0.29, 0.717) is 37.9 Å². The van der Waals surface area contributed by atoms with Crippen LogP contribution in [-0.2, 0) is 19.1 Å². The van der Waals surface area contributed by atoms with E-state index in [9.17, 15) is 9.59 Å². The fraction of sp³-hybridized carbons (Fsp3) is 0.400. The van der Waals surface area contributed by atoms with Crippen molar-refractivity contribution < 1.29 is 23.8 Å². The predicted octanol–water partition coefficient (Wildman–Crippen LogP) is 3.59. The molecule has 2 heterocycles. The topological polar surface area (TPSA) is 82.9 Å². The van der Waals surface area contributed by atoms with Gasteiger partial charge in [-0.1, -0.05) is 24.3 Å².